The summed E-state index contributed by atoms with van der Waals surface area (Å²) in [5.41, 5.74) is 3.22. The number of aryl methyl sites for hydroxylation is 1. The van der Waals surface area contributed by atoms with Gasteiger partial charge in [-0.25, -0.2) is 4.39 Å². The van der Waals surface area contributed by atoms with Crippen molar-refractivity contribution in [2.24, 2.45) is 0 Å². The van der Waals surface area contributed by atoms with Crippen LogP contribution < -0.4 is 14.8 Å². The minimum absolute atomic E-state index is 0.0694. The molecular formula is C21H20FN3O3. The molecule has 1 amide bonds. The summed E-state index contributed by atoms with van der Waals surface area (Å²) in [5, 5.41) is 9.89. The number of rotatable bonds is 5. The van der Waals surface area contributed by atoms with Crippen LogP contribution in [0.15, 0.2) is 42.5 Å². The highest BCUT2D eigenvalue weighted by atomic mass is 19.1. The summed E-state index contributed by atoms with van der Waals surface area (Å²) in [6.45, 7) is 2.00. The highest BCUT2D eigenvalue weighted by molar-refractivity contribution is 5.94. The molecule has 0 saturated carbocycles. The highest BCUT2D eigenvalue weighted by Gasteiger charge is 2.30. The predicted octanol–water partition coefficient (Wildman–Crippen LogP) is 3.92. The van der Waals surface area contributed by atoms with E-state index in [-0.39, 0.29) is 24.2 Å². The quantitative estimate of drug-likeness (QED) is 0.702. The zero-order chi connectivity index (χ0) is 19.7. The van der Waals surface area contributed by atoms with Crippen LogP contribution in [0.5, 0.6) is 11.5 Å². The Hall–Kier alpha value is -3.35. The fourth-order valence-corrected chi connectivity index (χ4v) is 3.52. The van der Waals surface area contributed by atoms with E-state index in [0.29, 0.717) is 29.3 Å². The van der Waals surface area contributed by atoms with Crippen LogP contribution in [0.1, 0.15) is 34.7 Å². The van der Waals surface area contributed by atoms with Gasteiger partial charge in [-0.15, -0.1) is 0 Å². The zero-order valence-corrected chi connectivity index (χ0v) is 15.6. The third kappa shape index (κ3) is 3.31. The molecule has 1 aromatic heterocycles. The SMILES string of the molecule is COc1cc(C2CC(=O)Nc3[nH]nc(C)c32)ccc1OCc1ccccc1F. The number of anilines is 1. The number of hydrogen-bond acceptors (Lipinski definition) is 4. The second-order valence-corrected chi connectivity index (χ2v) is 6.69. The molecule has 1 aliphatic heterocycles. The molecule has 0 bridgehead atoms. The molecule has 2 heterocycles. The van der Waals surface area contributed by atoms with Gasteiger partial charge in [-0.05, 0) is 30.7 Å². The third-order valence-electron chi connectivity index (χ3n) is 4.93. The van der Waals surface area contributed by atoms with Crippen LogP contribution >= 0.6 is 0 Å². The Morgan fingerprint density at radius 2 is 2.04 bits per heavy atom. The molecule has 0 spiro atoms. The van der Waals surface area contributed by atoms with E-state index >= 15 is 0 Å². The Morgan fingerprint density at radius 1 is 1.21 bits per heavy atom. The maximum Gasteiger partial charge on any atom is 0.226 e. The number of nitrogens with zero attached hydrogens (tertiary/aromatic N) is 1. The molecule has 28 heavy (non-hydrogen) atoms. The maximum atomic E-state index is 13.8. The van der Waals surface area contributed by atoms with E-state index in [9.17, 15) is 9.18 Å². The van der Waals surface area contributed by atoms with Crippen LogP contribution in [-0.2, 0) is 11.4 Å². The van der Waals surface area contributed by atoms with Crippen LogP contribution in [0.4, 0.5) is 10.2 Å². The van der Waals surface area contributed by atoms with Crippen molar-refractivity contribution in [2.75, 3.05) is 12.4 Å². The van der Waals surface area contributed by atoms with Crippen molar-refractivity contribution in [2.45, 2.75) is 25.9 Å². The van der Waals surface area contributed by atoms with Crippen molar-refractivity contribution in [1.82, 2.24) is 10.2 Å². The van der Waals surface area contributed by atoms with Crippen molar-refractivity contribution in [3.05, 3.63) is 70.7 Å². The number of methoxy groups -OCH3 is 1. The van der Waals surface area contributed by atoms with E-state index in [2.05, 4.69) is 15.5 Å². The minimum Gasteiger partial charge on any atom is -0.493 e. The lowest BCUT2D eigenvalue weighted by molar-refractivity contribution is -0.116. The number of aromatic amines is 1. The summed E-state index contributed by atoms with van der Waals surface area (Å²) in [7, 11) is 1.55. The zero-order valence-electron chi connectivity index (χ0n) is 15.6. The standard InChI is InChI=1S/C21H20FN3O3/c1-12-20-15(10-19(26)23-21(20)25-24-12)13-7-8-17(18(9-13)27-2)28-11-14-5-3-4-6-16(14)22/h3-9,15H,10-11H2,1-2H3,(H2,23,24,25,26). The molecule has 0 radical (unpaired) electrons. The van der Waals surface area contributed by atoms with E-state index in [1.807, 2.05) is 19.1 Å². The average molecular weight is 381 g/mol. The smallest absolute Gasteiger partial charge is 0.226 e. The molecule has 2 N–H and O–H groups in total. The number of nitrogens with one attached hydrogen (secondary N) is 2. The van der Waals surface area contributed by atoms with E-state index in [0.717, 1.165) is 16.8 Å². The first-order chi connectivity index (χ1) is 13.6. The number of hydrogen-bond donors (Lipinski definition) is 2. The molecule has 2 aromatic carbocycles. The minimum atomic E-state index is -0.311. The first-order valence-corrected chi connectivity index (χ1v) is 8.95. The fourth-order valence-electron chi connectivity index (χ4n) is 3.52. The van der Waals surface area contributed by atoms with E-state index in [1.54, 1.807) is 31.4 Å². The monoisotopic (exact) mass is 381 g/mol. The number of fused-ring (bicyclic) bond motifs is 1. The van der Waals surface area contributed by atoms with E-state index in [1.165, 1.54) is 6.07 Å². The largest absolute Gasteiger partial charge is 0.493 e. The van der Waals surface area contributed by atoms with Crippen molar-refractivity contribution in [1.29, 1.82) is 0 Å². The van der Waals surface area contributed by atoms with Gasteiger partial charge in [0, 0.05) is 23.5 Å². The Bertz CT molecular complexity index is 1030. The molecule has 1 aliphatic rings. The summed E-state index contributed by atoms with van der Waals surface area (Å²) in [4.78, 5) is 12.1. The topological polar surface area (TPSA) is 76.2 Å². The van der Waals surface area contributed by atoms with Crippen molar-refractivity contribution in [3.63, 3.8) is 0 Å². The second-order valence-electron chi connectivity index (χ2n) is 6.69. The van der Waals surface area contributed by atoms with Gasteiger partial charge in [0.1, 0.15) is 18.2 Å². The number of carbonyl (C=O) groups is 1. The molecule has 6 nitrogen and oxygen atoms in total. The summed E-state index contributed by atoms with van der Waals surface area (Å²) >= 11 is 0. The molecule has 1 unspecified atom stereocenters. The van der Waals surface area contributed by atoms with Crippen molar-refractivity contribution < 1.29 is 18.7 Å². The van der Waals surface area contributed by atoms with Crippen molar-refractivity contribution >= 4 is 11.7 Å². The lowest BCUT2D eigenvalue weighted by Crippen LogP contribution is -2.23. The molecule has 0 aliphatic carbocycles. The van der Waals surface area contributed by atoms with E-state index < -0.39 is 0 Å². The van der Waals surface area contributed by atoms with Crippen molar-refractivity contribution in [3.8, 4) is 11.5 Å². The molecule has 1 atom stereocenters. The Labute approximate surface area is 161 Å². The normalized spacial score (nSPS) is 15.7. The van der Waals surface area contributed by atoms with Gasteiger partial charge in [-0.3, -0.25) is 9.89 Å². The predicted molar refractivity (Wildman–Crippen MR) is 102 cm³/mol. The molecular weight excluding hydrogens is 361 g/mol. The number of carbonyl (C=O) groups excluding carboxylic acids is 1. The van der Waals surface area contributed by atoms with E-state index in [4.69, 9.17) is 9.47 Å². The van der Waals surface area contributed by atoms with Gasteiger partial charge in [-0.1, -0.05) is 24.3 Å². The van der Waals surface area contributed by atoms with Gasteiger partial charge in [0.2, 0.25) is 5.91 Å². The number of amides is 1. The number of ether oxygens (including phenoxy) is 2. The first kappa shape index (κ1) is 18.0. The molecule has 3 aromatic rings. The first-order valence-electron chi connectivity index (χ1n) is 8.95. The second kappa shape index (κ2) is 7.34. The van der Waals surface area contributed by atoms with Crippen LogP contribution in [0.2, 0.25) is 0 Å². The average Bonchev–Trinajstić information content (AvgIpc) is 3.07. The molecule has 7 heteroatoms. The summed E-state index contributed by atoms with van der Waals surface area (Å²) in [6.07, 6.45) is 0.325. The Kier molecular flexibility index (Phi) is 4.73. The van der Waals surface area contributed by atoms with Gasteiger partial charge in [0.25, 0.3) is 0 Å². The third-order valence-corrected chi connectivity index (χ3v) is 4.93. The van der Waals surface area contributed by atoms with Crippen LogP contribution in [0, 0.1) is 12.7 Å². The molecule has 4 rings (SSSR count). The summed E-state index contributed by atoms with van der Waals surface area (Å²) in [6, 6.07) is 12.0. The van der Waals surface area contributed by atoms with Crippen LogP contribution in [0.25, 0.3) is 0 Å². The number of halogens is 1. The molecule has 0 saturated heterocycles. The van der Waals surface area contributed by atoms with Gasteiger partial charge in [0.05, 0.1) is 12.8 Å². The summed E-state index contributed by atoms with van der Waals surface area (Å²) < 4.78 is 25.1. The number of benzene rings is 2. The fraction of sp³-hybridized carbons (Fsp3) is 0.238. The lowest BCUT2D eigenvalue weighted by Gasteiger charge is -2.24. The van der Waals surface area contributed by atoms with Crippen LogP contribution in [0.3, 0.4) is 0 Å². The van der Waals surface area contributed by atoms with Gasteiger partial charge < -0.3 is 14.8 Å². The molecule has 0 fully saturated rings. The highest BCUT2D eigenvalue weighted by Crippen LogP contribution is 2.40. The lowest BCUT2D eigenvalue weighted by atomic mass is 9.85. The maximum absolute atomic E-state index is 13.8. The van der Waals surface area contributed by atoms with Gasteiger partial charge >= 0.3 is 0 Å². The number of aromatic nitrogens is 2. The molecule has 144 valence electrons. The van der Waals surface area contributed by atoms with Gasteiger partial charge in [0.15, 0.2) is 11.5 Å². The number of H-pyrrole nitrogens is 1. The Balaban J connectivity index is 1.62. The van der Waals surface area contributed by atoms with Gasteiger partial charge in [-0.2, -0.15) is 5.10 Å². The van der Waals surface area contributed by atoms with Crippen LogP contribution in [-0.4, -0.2) is 23.2 Å². The summed E-state index contributed by atoms with van der Waals surface area (Å²) in [5.74, 6) is 1.17. The Morgan fingerprint density at radius 3 is 2.82 bits per heavy atom.